The molecule has 0 saturated carbocycles. The minimum atomic E-state index is -4.67. The van der Waals surface area contributed by atoms with E-state index in [1.165, 1.54) is 0 Å². The van der Waals surface area contributed by atoms with Gasteiger partial charge in [-0.05, 0) is 43.0 Å². The summed E-state index contributed by atoms with van der Waals surface area (Å²) < 4.78 is 42.0. The van der Waals surface area contributed by atoms with Crippen LogP contribution in [-0.2, 0) is 11.2 Å². The van der Waals surface area contributed by atoms with Crippen LogP contribution in [0.5, 0.6) is 5.75 Å². The number of aliphatic hydroxyl groups is 1. The summed E-state index contributed by atoms with van der Waals surface area (Å²) in [5.41, 5.74) is 3.06. The molecular weight excluding hydrogens is 299 g/mol. The van der Waals surface area contributed by atoms with Gasteiger partial charge in [-0.1, -0.05) is 6.07 Å². The van der Waals surface area contributed by atoms with Crippen molar-refractivity contribution in [2.75, 3.05) is 6.54 Å². The summed E-state index contributed by atoms with van der Waals surface area (Å²) in [6.45, 7) is 3.64. The van der Waals surface area contributed by atoms with Crippen LogP contribution in [0, 0.1) is 13.8 Å². The summed E-state index contributed by atoms with van der Waals surface area (Å²) >= 11 is 0. The van der Waals surface area contributed by atoms with Crippen LogP contribution < -0.4 is 10.1 Å². The molecule has 122 valence electrons. The fraction of sp³-hybridized carbons (Fsp3) is 0.533. The third-order valence-electron chi connectivity index (χ3n) is 3.74. The van der Waals surface area contributed by atoms with Crippen molar-refractivity contribution in [2.45, 2.75) is 45.1 Å². The van der Waals surface area contributed by atoms with E-state index in [1.807, 2.05) is 26.0 Å². The number of amides is 1. The molecule has 0 aliphatic carbocycles. The summed E-state index contributed by atoms with van der Waals surface area (Å²) in [4.78, 5) is 11.9. The Morgan fingerprint density at radius 2 is 2.05 bits per heavy atom. The summed E-state index contributed by atoms with van der Waals surface area (Å²) in [5.74, 6) is 0.166. The number of hydrogen-bond acceptors (Lipinski definition) is 3. The Morgan fingerprint density at radius 1 is 1.41 bits per heavy atom. The first-order valence-corrected chi connectivity index (χ1v) is 6.97. The lowest BCUT2D eigenvalue weighted by atomic mass is 10.0. The highest BCUT2D eigenvalue weighted by Crippen LogP contribution is 2.31. The lowest BCUT2D eigenvalue weighted by Crippen LogP contribution is -2.40. The van der Waals surface area contributed by atoms with E-state index < -0.39 is 30.7 Å². The van der Waals surface area contributed by atoms with E-state index >= 15 is 0 Å². The van der Waals surface area contributed by atoms with Gasteiger partial charge in [0.1, 0.15) is 5.75 Å². The van der Waals surface area contributed by atoms with Gasteiger partial charge in [-0.25, -0.2) is 0 Å². The SMILES string of the molecule is Cc1cc2c(cc1C)O[C@H](C(=O)NCC[C@@H](O)C(F)(F)F)C2. The van der Waals surface area contributed by atoms with Gasteiger partial charge in [-0.15, -0.1) is 0 Å². The first-order valence-electron chi connectivity index (χ1n) is 6.97. The molecule has 1 aromatic carbocycles. The molecular formula is C15H18F3NO3. The molecule has 2 N–H and O–H groups in total. The monoisotopic (exact) mass is 317 g/mol. The maximum atomic E-state index is 12.1. The molecule has 0 spiro atoms. The number of ether oxygens (including phenoxy) is 1. The number of fused-ring (bicyclic) bond motifs is 1. The second kappa shape index (κ2) is 6.16. The summed E-state index contributed by atoms with van der Waals surface area (Å²) in [7, 11) is 0. The van der Waals surface area contributed by atoms with Gasteiger partial charge in [-0.2, -0.15) is 13.2 Å². The molecule has 1 amide bonds. The maximum absolute atomic E-state index is 12.1. The molecule has 0 radical (unpaired) electrons. The average Bonchev–Trinajstić information content (AvgIpc) is 2.80. The highest BCUT2D eigenvalue weighted by molar-refractivity contribution is 5.82. The molecule has 1 aliphatic rings. The quantitative estimate of drug-likeness (QED) is 0.893. The molecule has 7 heteroatoms. The highest BCUT2D eigenvalue weighted by Gasteiger charge is 2.38. The van der Waals surface area contributed by atoms with Crippen molar-refractivity contribution in [3.8, 4) is 5.75 Å². The van der Waals surface area contributed by atoms with E-state index in [0.717, 1.165) is 16.7 Å². The van der Waals surface area contributed by atoms with Gasteiger partial charge in [0.05, 0.1) is 0 Å². The van der Waals surface area contributed by atoms with E-state index in [-0.39, 0.29) is 6.54 Å². The Morgan fingerprint density at radius 3 is 2.68 bits per heavy atom. The fourth-order valence-corrected chi connectivity index (χ4v) is 2.27. The lowest BCUT2D eigenvalue weighted by molar-refractivity contribution is -0.205. The summed E-state index contributed by atoms with van der Waals surface area (Å²) in [5, 5.41) is 11.2. The predicted molar refractivity (Wildman–Crippen MR) is 73.7 cm³/mol. The number of aliphatic hydroxyl groups excluding tert-OH is 1. The second-order valence-corrected chi connectivity index (χ2v) is 5.49. The molecule has 1 aromatic rings. The number of aryl methyl sites for hydroxylation is 2. The highest BCUT2D eigenvalue weighted by atomic mass is 19.4. The molecule has 1 aliphatic heterocycles. The standard InChI is InChI=1S/C15H18F3NO3/c1-8-5-10-7-12(22-11(10)6-9(8)2)14(21)19-4-3-13(20)15(16,17)18/h5-6,12-13,20H,3-4,7H2,1-2H3,(H,19,21)/t12-,13+/m0/s1. The fourth-order valence-electron chi connectivity index (χ4n) is 2.27. The molecule has 0 saturated heterocycles. The van der Waals surface area contributed by atoms with Crippen molar-refractivity contribution in [3.05, 3.63) is 28.8 Å². The van der Waals surface area contributed by atoms with Crippen molar-refractivity contribution in [1.82, 2.24) is 5.32 Å². The Hall–Kier alpha value is -1.76. The Bertz CT molecular complexity index is 541. The molecule has 4 nitrogen and oxygen atoms in total. The molecule has 0 bridgehead atoms. The predicted octanol–water partition coefficient (Wildman–Crippen LogP) is 2.04. The zero-order valence-corrected chi connectivity index (χ0v) is 12.3. The van der Waals surface area contributed by atoms with E-state index in [0.29, 0.717) is 12.2 Å². The van der Waals surface area contributed by atoms with Gasteiger partial charge in [0, 0.05) is 13.0 Å². The van der Waals surface area contributed by atoms with Crippen LogP contribution >= 0.6 is 0 Å². The number of nitrogens with one attached hydrogen (secondary N) is 1. The van der Waals surface area contributed by atoms with Crippen molar-refractivity contribution >= 4 is 5.91 Å². The molecule has 2 rings (SSSR count). The van der Waals surface area contributed by atoms with Crippen molar-refractivity contribution in [2.24, 2.45) is 0 Å². The van der Waals surface area contributed by atoms with Gasteiger partial charge in [-0.3, -0.25) is 4.79 Å². The summed E-state index contributed by atoms with van der Waals surface area (Å²) in [6.07, 6.45) is -8.02. The van der Waals surface area contributed by atoms with E-state index in [4.69, 9.17) is 9.84 Å². The van der Waals surface area contributed by atoms with Crippen LogP contribution in [0.1, 0.15) is 23.1 Å². The molecule has 22 heavy (non-hydrogen) atoms. The van der Waals surface area contributed by atoms with Crippen molar-refractivity contribution in [1.29, 1.82) is 0 Å². The van der Waals surface area contributed by atoms with Gasteiger partial charge in [0.25, 0.3) is 5.91 Å². The Kier molecular flexibility index (Phi) is 4.65. The van der Waals surface area contributed by atoms with Crippen LogP contribution in [0.4, 0.5) is 13.2 Å². The van der Waals surface area contributed by atoms with Gasteiger partial charge in [0.2, 0.25) is 0 Å². The number of carbonyl (C=O) groups is 1. The Labute approximate surface area is 126 Å². The molecule has 2 atom stereocenters. The average molecular weight is 317 g/mol. The third kappa shape index (κ3) is 3.71. The summed E-state index contributed by atoms with van der Waals surface area (Å²) in [6, 6.07) is 3.80. The van der Waals surface area contributed by atoms with Crippen LogP contribution in [0.3, 0.4) is 0 Å². The maximum Gasteiger partial charge on any atom is 0.414 e. The Balaban J connectivity index is 1.86. The number of alkyl halides is 3. The molecule has 1 heterocycles. The lowest BCUT2D eigenvalue weighted by Gasteiger charge is -2.15. The first-order chi connectivity index (χ1) is 10.2. The number of rotatable bonds is 4. The molecule has 0 fully saturated rings. The van der Waals surface area contributed by atoms with E-state index in [1.54, 1.807) is 0 Å². The van der Waals surface area contributed by atoms with Gasteiger partial charge >= 0.3 is 6.18 Å². The molecule has 0 aromatic heterocycles. The number of carbonyl (C=O) groups excluding carboxylic acids is 1. The first kappa shape index (κ1) is 16.6. The van der Waals surface area contributed by atoms with Crippen LogP contribution in [-0.4, -0.2) is 35.9 Å². The van der Waals surface area contributed by atoms with Gasteiger partial charge < -0.3 is 15.2 Å². The van der Waals surface area contributed by atoms with E-state index in [2.05, 4.69) is 5.32 Å². The topological polar surface area (TPSA) is 58.6 Å². The number of halogens is 3. The second-order valence-electron chi connectivity index (χ2n) is 5.49. The van der Waals surface area contributed by atoms with Crippen LogP contribution in [0.25, 0.3) is 0 Å². The largest absolute Gasteiger partial charge is 0.480 e. The number of benzene rings is 1. The smallest absolute Gasteiger partial charge is 0.414 e. The normalized spacial score (nSPS) is 18.5. The van der Waals surface area contributed by atoms with Crippen molar-refractivity contribution in [3.63, 3.8) is 0 Å². The van der Waals surface area contributed by atoms with E-state index in [9.17, 15) is 18.0 Å². The van der Waals surface area contributed by atoms with Crippen molar-refractivity contribution < 1.29 is 27.8 Å². The minimum Gasteiger partial charge on any atom is -0.480 e. The van der Waals surface area contributed by atoms with Crippen LogP contribution in [0.2, 0.25) is 0 Å². The molecule has 0 unspecified atom stereocenters. The third-order valence-corrected chi connectivity index (χ3v) is 3.74. The zero-order chi connectivity index (χ0) is 16.5. The number of hydrogen-bond donors (Lipinski definition) is 2. The van der Waals surface area contributed by atoms with Gasteiger partial charge in [0.15, 0.2) is 12.2 Å². The minimum absolute atomic E-state index is 0.256. The van der Waals surface area contributed by atoms with Crippen LogP contribution in [0.15, 0.2) is 12.1 Å². The zero-order valence-electron chi connectivity index (χ0n) is 12.3.